The van der Waals surface area contributed by atoms with Gasteiger partial charge in [0, 0.05) is 35.9 Å². The molecule has 1 aliphatic heterocycles. The number of benzene rings is 1. The van der Waals surface area contributed by atoms with Crippen molar-refractivity contribution in [3.05, 3.63) is 30.5 Å². The van der Waals surface area contributed by atoms with Crippen LogP contribution in [0.5, 0.6) is 0 Å². The fourth-order valence-corrected chi connectivity index (χ4v) is 3.26. The normalized spacial score (nSPS) is 18.2. The van der Waals surface area contributed by atoms with Crippen LogP contribution in [0.3, 0.4) is 0 Å². The van der Waals surface area contributed by atoms with Crippen LogP contribution in [0.15, 0.2) is 30.5 Å². The summed E-state index contributed by atoms with van der Waals surface area (Å²) in [5, 5.41) is 6.43. The van der Waals surface area contributed by atoms with Gasteiger partial charge in [0.05, 0.1) is 12.1 Å². The lowest BCUT2D eigenvalue weighted by molar-refractivity contribution is -0.137. The summed E-state index contributed by atoms with van der Waals surface area (Å²) in [6.07, 6.45) is 5.00. The Labute approximate surface area is 147 Å². The summed E-state index contributed by atoms with van der Waals surface area (Å²) in [7, 11) is 0. The van der Waals surface area contributed by atoms with Crippen molar-refractivity contribution in [2.24, 2.45) is 0 Å². The van der Waals surface area contributed by atoms with Crippen molar-refractivity contribution in [3.63, 3.8) is 0 Å². The zero-order valence-corrected chi connectivity index (χ0v) is 14.7. The van der Waals surface area contributed by atoms with Gasteiger partial charge in [0.25, 0.3) is 0 Å². The molecule has 6 nitrogen and oxygen atoms in total. The van der Waals surface area contributed by atoms with Gasteiger partial charge in [-0.05, 0) is 50.5 Å². The van der Waals surface area contributed by atoms with Crippen LogP contribution in [0.25, 0.3) is 10.9 Å². The molecule has 25 heavy (non-hydrogen) atoms. The Morgan fingerprint density at radius 1 is 1.32 bits per heavy atom. The molecule has 1 aromatic heterocycles. The number of rotatable bonds is 5. The molecule has 1 aromatic carbocycles. The number of aromatic nitrogens is 1. The number of amides is 2. The first kappa shape index (κ1) is 17.5. The molecule has 0 unspecified atom stereocenters. The first-order chi connectivity index (χ1) is 12.1. The second-order valence-corrected chi connectivity index (χ2v) is 6.55. The summed E-state index contributed by atoms with van der Waals surface area (Å²) in [6, 6.07) is 7.51. The molecular weight excluding hydrogens is 318 g/mol. The molecule has 3 rings (SSSR count). The number of aryl methyl sites for hydroxylation is 1. The van der Waals surface area contributed by atoms with E-state index in [0.29, 0.717) is 5.69 Å². The van der Waals surface area contributed by atoms with Crippen molar-refractivity contribution in [1.29, 1.82) is 0 Å². The summed E-state index contributed by atoms with van der Waals surface area (Å²) in [6.45, 7) is 5.67. The Balaban J connectivity index is 1.61. The Morgan fingerprint density at radius 2 is 2.16 bits per heavy atom. The summed E-state index contributed by atoms with van der Waals surface area (Å²) < 4.78 is 7.71. The van der Waals surface area contributed by atoms with Gasteiger partial charge >= 0.3 is 11.8 Å². The zero-order chi connectivity index (χ0) is 17.8. The molecule has 0 radical (unpaired) electrons. The molecule has 2 N–H and O–H groups in total. The minimum Gasteiger partial charge on any atom is -0.376 e. The molecule has 1 aliphatic rings. The van der Waals surface area contributed by atoms with Gasteiger partial charge in [-0.1, -0.05) is 6.92 Å². The lowest BCUT2D eigenvalue weighted by atomic mass is 10.1. The second kappa shape index (κ2) is 7.70. The molecule has 2 heterocycles. The van der Waals surface area contributed by atoms with E-state index in [1.807, 2.05) is 37.4 Å². The largest absolute Gasteiger partial charge is 0.376 e. The van der Waals surface area contributed by atoms with Crippen LogP contribution in [-0.2, 0) is 20.9 Å². The van der Waals surface area contributed by atoms with E-state index >= 15 is 0 Å². The molecule has 6 heteroatoms. The maximum absolute atomic E-state index is 12.1. The molecule has 1 fully saturated rings. The van der Waals surface area contributed by atoms with Gasteiger partial charge in [-0.2, -0.15) is 0 Å². The van der Waals surface area contributed by atoms with Crippen LogP contribution in [0.1, 0.15) is 33.1 Å². The number of fused-ring (bicyclic) bond motifs is 1. The Kier molecular flexibility index (Phi) is 5.38. The Morgan fingerprint density at radius 3 is 2.88 bits per heavy atom. The maximum Gasteiger partial charge on any atom is 0.313 e. The van der Waals surface area contributed by atoms with Crippen molar-refractivity contribution < 1.29 is 14.3 Å². The van der Waals surface area contributed by atoms with Crippen molar-refractivity contribution in [1.82, 2.24) is 9.88 Å². The van der Waals surface area contributed by atoms with E-state index in [0.717, 1.165) is 43.3 Å². The second-order valence-electron chi connectivity index (χ2n) is 6.55. The Bertz CT molecular complexity index is 762. The number of nitrogens with one attached hydrogen (secondary N) is 2. The number of anilines is 1. The predicted octanol–water partition coefficient (Wildman–Crippen LogP) is 2.67. The van der Waals surface area contributed by atoms with E-state index < -0.39 is 11.8 Å². The number of carbonyl (C=O) groups excluding carboxylic acids is 2. The number of ether oxygens (including phenoxy) is 1. The minimum atomic E-state index is -0.655. The van der Waals surface area contributed by atoms with Crippen molar-refractivity contribution >= 4 is 28.4 Å². The topological polar surface area (TPSA) is 72.4 Å². The molecule has 2 amide bonds. The van der Waals surface area contributed by atoms with Crippen LogP contribution in [0, 0.1) is 0 Å². The summed E-state index contributed by atoms with van der Waals surface area (Å²) in [5.74, 6) is -1.29. The summed E-state index contributed by atoms with van der Waals surface area (Å²) in [5.41, 5.74) is 1.74. The van der Waals surface area contributed by atoms with E-state index in [1.165, 1.54) is 0 Å². The quantitative estimate of drug-likeness (QED) is 0.820. The van der Waals surface area contributed by atoms with Gasteiger partial charge in [0.2, 0.25) is 0 Å². The summed E-state index contributed by atoms with van der Waals surface area (Å²) in [4.78, 5) is 24.2. The third-order valence-electron chi connectivity index (χ3n) is 4.58. The molecule has 2 aromatic rings. The fraction of sp³-hybridized carbons (Fsp3) is 0.474. The molecule has 0 spiro atoms. The van der Waals surface area contributed by atoms with Crippen LogP contribution in [-0.4, -0.2) is 35.1 Å². The number of hydrogen-bond acceptors (Lipinski definition) is 3. The number of nitrogens with zero attached hydrogens (tertiary/aromatic N) is 1. The highest BCUT2D eigenvalue weighted by molar-refractivity contribution is 6.39. The van der Waals surface area contributed by atoms with Crippen molar-refractivity contribution in [2.45, 2.75) is 51.8 Å². The smallest absolute Gasteiger partial charge is 0.313 e. The minimum absolute atomic E-state index is 0.00793. The van der Waals surface area contributed by atoms with Crippen LogP contribution < -0.4 is 10.6 Å². The van der Waals surface area contributed by atoms with Gasteiger partial charge < -0.3 is 19.9 Å². The average molecular weight is 343 g/mol. The molecule has 0 aliphatic carbocycles. The molecule has 134 valence electrons. The van der Waals surface area contributed by atoms with Crippen molar-refractivity contribution in [2.75, 3.05) is 11.9 Å². The van der Waals surface area contributed by atoms with Gasteiger partial charge in [0.15, 0.2) is 0 Å². The van der Waals surface area contributed by atoms with Gasteiger partial charge in [-0.15, -0.1) is 0 Å². The number of hydrogen-bond donors (Lipinski definition) is 2. The SMILES string of the molecule is CCCn1ccc2cc(NC(=O)C(=O)N[C@@H](C)[C@H]3CCCO3)ccc21. The fourth-order valence-electron chi connectivity index (χ4n) is 3.26. The zero-order valence-electron chi connectivity index (χ0n) is 14.7. The summed E-state index contributed by atoms with van der Waals surface area (Å²) >= 11 is 0. The van der Waals surface area contributed by atoms with Crippen molar-refractivity contribution in [3.8, 4) is 0 Å². The number of carbonyl (C=O) groups is 2. The molecular formula is C19H25N3O3. The van der Waals surface area contributed by atoms with Crippen LogP contribution in [0.2, 0.25) is 0 Å². The van der Waals surface area contributed by atoms with E-state index in [1.54, 1.807) is 0 Å². The van der Waals surface area contributed by atoms with E-state index in [-0.39, 0.29) is 12.1 Å². The Hall–Kier alpha value is -2.34. The van der Waals surface area contributed by atoms with Crippen LogP contribution >= 0.6 is 0 Å². The van der Waals surface area contributed by atoms with Gasteiger partial charge in [0.1, 0.15) is 0 Å². The predicted molar refractivity (Wildman–Crippen MR) is 97.4 cm³/mol. The average Bonchev–Trinajstić information content (AvgIpc) is 3.25. The maximum atomic E-state index is 12.1. The molecule has 0 bridgehead atoms. The third kappa shape index (κ3) is 4.02. The van der Waals surface area contributed by atoms with E-state index in [9.17, 15) is 9.59 Å². The first-order valence-corrected chi connectivity index (χ1v) is 8.91. The van der Waals surface area contributed by atoms with Gasteiger partial charge in [-0.25, -0.2) is 0 Å². The lowest BCUT2D eigenvalue weighted by Crippen LogP contribution is -2.45. The van der Waals surface area contributed by atoms with E-state index in [2.05, 4.69) is 22.1 Å². The standard InChI is InChI=1S/C19H25N3O3/c1-3-9-22-10-8-14-12-15(6-7-16(14)22)21-19(24)18(23)20-13(2)17-5-4-11-25-17/h6-8,10,12-13,17H,3-5,9,11H2,1-2H3,(H,20,23)(H,21,24)/t13-,17+/m0/s1. The highest BCUT2D eigenvalue weighted by Gasteiger charge is 2.25. The highest BCUT2D eigenvalue weighted by Crippen LogP contribution is 2.21. The lowest BCUT2D eigenvalue weighted by Gasteiger charge is -2.19. The van der Waals surface area contributed by atoms with Crippen LogP contribution in [0.4, 0.5) is 5.69 Å². The molecule has 0 saturated carbocycles. The molecule has 1 saturated heterocycles. The van der Waals surface area contributed by atoms with E-state index in [4.69, 9.17) is 4.74 Å². The first-order valence-electron chi connectivity index (χ1n) is 8.91. The molecule has 2 atom stereocenters. The highest BCUT2D eigenvalue weighted by atomic mass is 16.5. The van der Waals surface area contributed by atoms with Gasteiger partial charge in [-0.3, -0.25) is 9.59 Å². The monoisotopic (exact) mass is 343 g/mol. The third-order valence-corrected chi connectivity index (χ3v) is 4.58.